The van der Waals surface area contributed by atoms with Gasteiger partial charge in [-0.1, -0.05) is 0 Å². The maximum Gasteiger partial charge on any atom is 0.431 e. The maximum absolute atomic E-state index is 13.1. The Morgan fingerprint density at radius 3 is 2.41 bits per heavy atom. The van der Waals surface area contributed by atoms with Gasteiger partial charge in [0.15, 0.2) is 0 Å². The first-order valence-electron chi connectivity index (χ1n) is 8.45. The van der Waals surface area contributed by atoms with Crippen molar-refractivity contribution in [1.29, 1.82) is 0 Å². The number of benzene rings is 1. The third-order valence-corrected chi connectivity index (χ3v) is 6.56. The Labute approximate surface area is 170 Å². The molecule has 0 spiro atoms. The maximum atomic E-state index is 13.1. The monoisotopic (exact) mass is 437 g/mol. The molecule has 0 unspecified atom stereocenters. The van der Waals surface area contributed by atoms with Gasteiger partial charge in [-0.15, -0.1) is 11.3 Å². The first-order chi connectivity index (χ1) is 13.6. The molecule has 0 aliphatic rings. The van der Waals surface area contributed by atoms with Gasteiger partial charge in [0.1, 0.15) is 11.4 Å². The van der Waals surface area contributed by atoms with Crippen LogP contribution in [0.2, 0.25) is 0 Å². The summed E-state index contributed by atoms with van der Waals surface area (Å²) in [6, 6.07) is 7.35. The molecule has 1 aromatic carbocycles. The zero-order chi connectivity index (χ0) is 21.1. The average Bonchev–Trinajstić information content (AvgIpc) is 3.19. The van der Waals surface area contributed by atoms with Gasteiger partial charge in [0.05, 0.1) is 15.3 Å². The van der Waals surface area contributed by atoms with Crippen LogP contribution in [-0.2, 0) is 13.2 Å². The van der Waals surface area contributed by atoms with Gasteiger partial charge in [-0.05, 0) is 55.2 Å². The molecule has 0 fully saturated rings. The Morgan fingerprint density at radius 1 is 1.07 bits per heavy atom. The second-order valence-corrected chi connectivity index (χ2v) is 8.68. The Kier molecular flexibility index (Phi) is 4.50. The van der Waals surface area contributed by atoms with Crippen LogP contribution in [0, 0.1) is 13.8 Å². The van der Waals surface area contributed by atoms with Crippen LogP contribution in [0.3, 0.4) is 0 Å². The SMILES string of the molecule is Cc1cc(C)c(-c2nsc3ccc(-n4c(=O)cc(C(F)(F)F)n(C)c4=O)cc23)s1. The van der Waals surface area contributed by atoms with Crippen LogP contribution in [0.15, 0.2) is 39.9 Å². The van der Waals surface area contributed by atoms with Crippen LogP contribution in [0.1, 0.15) is 16.1 Å². The number of rotatable bonds is 2. The van der Waals surface area contributed by atoms with E-state index in [-0.39, 0.29) is 5.69 Å². The first kappa shape index (κ1) is 19.6. The first-order valence-corrected chi connectivity index (χ1v) is 10.0. The molecule has 3 aromatic heterocycles. The third kappa shape index (κ3) is 3.22. The molecule has 0 aliphatic carbocycles. The average molecular weight is 437 g/mol. The highest BCUT2D eigenvalue weighted by atomic mass is 32.1. The summed E-state index contributed by atoms with van der Waals surface area (Å²) in [6.45, 7) is 3.97. The molecule has 150 valence electrons. The molecular formula is C19H14F3N3O2S2. The molecule has 4 aromatic rings. The zero-order valence-corrected chi connectivity index (χ0v) is 17.1. The molecule has 0 N–H and O–H groups in total. The lowest BCUT2D eigenvalue weighted by molar-refractivity contribution is -0.144. The molecule has 0 aliphatic heterocycles. The number of halogens is 3. The minimum atomic E-state index is -4.80. The highest BCUT2D eigenvalue weighted by Crippen LogP contribution is 2.38. The van der Waals surface area contributed by atoms with Gasteiger partial charge < -0.3 is 0 Å². The lowest BCUT2D eigenvalue weighted by Gasteiger charge is -2.14. The molecule has 5 nitrogen and oxygen atoms in total. The van der Waals surface area contributed by atoms with Gasteiger partial charge in [0, 0.05) is 23.4 Å². The molecule has 3 heterocycles. The smallest absolute Gasteiger partial charge is 0.292 e. The van der Waals surface area contributed by atoms with E-state index in [0.717, 1.165) is 42.7 Å². The van der Waals surface area contributed by atoms with E-state index in [0.29, 0.717) is 10.6 Å². The van der Waals surface area contributed by atoms with Crippen LogP contribution in [0.5, 0.6) is 0 Å². The summed E-state index contributed by atoms with van der Waals surface area (Å²) in [6.07, 6.45) is -4.80. The number of aromatic nitrogens is 3. The number of aryl methyl sites for hydroxylation is 2. The third-order valence-electron chi connectivity index (χ3n) is 4.58. The number of alkyl halides is 3. The van der Waals surface area contributed by atoms with E-state index < -0.39 is 23.1 Å². The van der Waals surface area contributed by atoms with Gasteiger partial charge in [0.25, 0.3) is 5.56 Å². The summed E-state index contributed by atoms with van der Waals surface area (Å²) < 4.78 is 45.8. The zero-order valence-electron chi connectivity index (χ0n) is 15.5. The van der Waals surface area contributed by atoms with Crippen LogP contribution in [-0.4, -0.2) is 13.5 Å². The van der Waals surface area contributed by atoms with Gasteiger partial charge in [-0.25, -0.2) is 9.36 Å². The summed E-state index contributed by atoms with van der Waals surface area (Å²) in [5, 5.41) is 0.742. The normalized spacial score (nSPS) is 12.1. The number of fused-ring (bicyclic) bond motifs is 1. The van der Waals surface area contributed by atoms with E-state index in [9.17, 15) is 22.8 Å². The second kappa shape index (κ2) is 6.67. The molecule has 4 rings (SSSR count). The predicted molar refractivity (Wildman–Crippen MR) is 108 cm³/mol. The fourth-order valence-electron chi connectivity index (χ4n) is 3.24. The summed E-state index contributed by atoms with van der Waals surface area (Å²) in [7, 11) is 0.995. The van der Waals surface area contributed by atoms with E-state index in [1.54, 1.807) is 23.5 Å². The van der Waals surface area contributed by atoms with Crippen LogP contribution < -0.4 is 11.2 Å². The van der Waals surface area contributed by atoms with E-state index in [1.165, 1.54) is 17.6 Å². The van der Waals surface area contributed by atoms with Gasteiger partial charge in [0.2, 0.25) is 0 Å². The summed E-state index contributed by atoms with van der Waals surface area (Å²) >= 11 is 2.87. The fourth-order valence-corrected chi connectivity index (χ4v) is 5.09. The van der Waals surface area contributed by atoms with Crippen LogP contribution >= 0.6 is 22.9 Å². The van der Waals surface area contributed by atoms with Crippen molar-refractivity contribution in [2.24, 2.45) is 7.05 Å². The van der Waals surface area contributed by atoms with Crippen molar-refractivity contribution in [2.45, 2.75) is 20.0 Å². The van der Waals surface area contributed by atoms with Crippen molar-refractivity contribution in [3.8, 4) is 16.3 Å². The van der Waals surface area contributed by atoms with E-state index >= 15 is 0 Å². The minimum absolute atomic E-state index is 0.198. The number of hydrogen-bond acceptors (Lipinski definition) is 5. The molecule has 0 saturated carbocycles. The number of thiophene rings is 1. The Hall–Kier alpha value is -2.72. The summed E-state index contributed by atoms with van der Waals surface area (Å²) in [4.78, 5) is 27.1. The van der Waals surface area contributed by atoms with E-state index in [4.69, 9.17) is 0 Å². The van der Waals surface area contributed by atoms with Crippen molar-refractivity contribution < 1.29 is 13.2 Å². The largest absolute Gasteiger partial charge is 0.431 e. The molecule has 0 atom stereocenters. The van der Waals surface area contributed by atoms with Gasteiger partial charge in [-0.3, -0.25) is 9.36 Å². The second-order valence-electron chi connectivity index (χ2n) is 6.62. The standard InChI is InChI=1S/C19H14F3N3O2S2/c1-9-6-10(2)28-17(9)16-12-7-11(4-5-13(12)29-23-16)25-15(26)8-14(19(20,21)22)24(3)18(25)27/h4-8H,1-3H3. The van der Waals surface area contributed by atoms with Crippen molar-refractivity contribution in [2.75, 3.05) is 0 Å². The minimum Gasteiger partial charge on any atom is -0.292 e. The molecular weight excluding hydrogens is 423 g/mol. The van der Waals surface area contributed by atoms with Crippen molar-refractivity contribution in [1.82, 2.24) is 13.5 Å². The molecule has 0 saturated heterocycles. The lowest BCUT2D eigenvalue weighted by Crippen LogP contribution is -2.40. The molecule has 29 heavy (non-hydrogen) atoms. The summed E-state index contributed by atoms with van der Waals surface area (Å²) in [5.41, 5.74) is -1.38. The molecule has 0 amide bonds. The van der Waals surface area contributed by atoms with Crippen molar-refractivity contribution in [3.63, 3.8) is 0 Å². The van der Waals surface area contributed by atoms with Gasteiger partial charge >= 0.3 is 11.9 Å². The van der Waals surface area contributed by atoms with Crippen LogP contribution in [0.4, 0.5) is 13.2 Å². The number of hydrogen-bond donors (Lipinski definition) is 0. The molecule has 0 bridgehead atoms. The summed E-state index contributed by atoms with van der Waals surface area (Å²) in [5.74, 6) is 0. The molecule has 10 heteroatoms. The lowest BCUT2D eigenvalue weighted by atomic mass is 10.1. The van der Waals surface area contributed by atoms with Gasteiger partial charge in [-0.2, -0.15) is 17.5 Å². The number of nitrogens with zero attached hydrogens (tertiary/aromatic N) is 3. The highest BCUT2D eigenvalue weighted by molar-refractivity contribution is 7.17. The van der Waals surface area contributed by atoms with Crippen molar-refractivity contribution in [3.05, 3.63) is 67.3 Å². The highest BCUT2D eigenvalue weighted by Gasteiger charge is 2.35. The topological polar surface area (TPSA) is 56.9 Å². The van der Waals surface area contributed by atoms with E-state index in [2.05, 4.69) is 4.37 Å². The molecule has 0 radical (unpaired) electrons. The van der Waals surface area contributed by atoms with Crippen LogP contribution in [0.25, 0.3) is 26.3 Å². The Morgan fingerprint density at radius 2 is 1.79 bits per heavy atom. The quantitative estimate of drug-likeness (QED) is 0.464. The Balaban J connectivity index is 1.96. The van der Waals surface area contributed by atoms with Crippen molar-refractivity contribution >= 4 is 33.0 Å². The Bertz CT molecular complexity index is 1380. The van der Waals surface area contributed by atoms with E-state index in [1.807, 2.05) is 19.9 Å². The predicted octanol–water partition coefficient (Wildman–Crippen LogP) is 4.51. The fraction of sp³-hybridized carbons (Fsp3) is 0.211.